The van der Waals surface area contributed by atoms with Crippen molar-refractivity contribution in [3.8, 4) is 0 Å². The van der Waals surface area contributed by atoms with Crippen LogP contribution in [0.3, 0.4) is 0 Å². The van der Waals surface area contributed by atoms with Crippen LogP contribution in [0.5, 0.6) is 0 Å². The highest BCUT2D eigenvalue weighted by Gasteiger charge is 2.48. The molecule has 19 nitrogen and oxygen atoms in total. The maximum absolute atomic E-state index is 11.5. The molecule has 0 aromatic carbocycles. The van der Waals surface area contributed by atoms with Crippen molar-refractivity contribution in [2.75, 3.05) is 65.5 Å². The number of amides is 5. The molecule has 0 aromatic heterocycles. The molecule has 6 rings (SSSR count). The normalized spacial score (nSPS) is 32.8. The lowest BCUT2D eigenvalue weighted by atomic mass is 9.99. The van der Waals surface area contributed by atoms with E-state index in [1.54, 1.807) is 13.2 Å². The van der Waals surface area contributed by atoms with E-state index >= 15 is 0 Å². The van der Waals surface area contributed by atoms with Crippen LogP contribution in [0.4, 0.5) is 9.59 Å². The van der Waals surface area contributed by atoms with Gasteiger partial charge in [-0.3, -0.25) is 4.79 Å². The summed E-state index contributed by atoms with van der Waals surface area (Å²) in [4.78, 5) is 35.2. The fourth-order valence-corrected chi connectivity index (χ4v) is 10.2. The highest BCUT2D eigenvalue weighted by Crippen LogP contribution is 2.41. The molecule has 6 aliphatic heterocycles. The average Bonchev–Trinajstić information content (AvgIpc) is 3.74. The fourth-order valence-electron chi connectivity index (χ4n) is 7.33. The molecule has 5 amide bonds. The molecule has 10 N–H and O–H groups in total. The molecule has 65 heavy (non-hydrogen) atoms. The number of carbonyl (C=O) groups is 3. The van der Waals surface area contributed by atoms with Crippen molar-refractivity contribution in [3.05, 3.63) is 60.5 Å². The van der Waals surface area contributed by atoms with Crippen LogP contribution in [-0.4, -0.2) is 223 Å². The largest absolute Gasteiger partial charge is 0.388 e. The number of hydrogen-bond donors (Lipinski definition) is 10. The molecule has 12 atom stereocenters. The summed E-state index contributed by atoms with van der Waals surface area (Å²) in [6, 6.07) is -0.668. The van der Waals surface area contributed by atoms with E-state index in [-0.39, 0.29) is 31.2 Å². The second kappa shape index (κ2) is 22.7. The molecule has 6 aliphatic rings. The molecule has 0 radical (unpaired) electrons. The van der Waals surface area contributed by atoms with Crippen LogP contribution < -0.4 is 21.3 Å². The summed E-state index contributed by atoms with van der Waals surface area (Å²) in [6.45, 7) is 20.2. The Morgan fingerprint density at radius 3 is 1.52 bits per heavy atom. The van der Waals surface area contributed by atoms with Crippen LogP contribution in [0.2, 0.25) is 0 Å². The highest BCUT2D eigenvalue weighted by molar-refractivity contribution is 7.72. The zero-order valence-corrected chi connectivity index (χ0v) is 40.6. The number of nitrogens with one attached hydrogen (secondary N) is 4. The maximum Gasteiger partial charge on any atom is 0.325 e. The van der Waals surface area contributed by atoms with Crippen molar-refractivity contribution >= 4 is 63.7 Å². The summed E-state index contributed by atoms with van der Waals surface area (Å²) in [6.07, 6.45) is 11.4. The standard InChI is InChI=1S/C15H25N2O4P.C14H23N2O4P.C13H22N3O4P.CH4/c1-9-10(8-17(2)15(20)16-9)14-13(19)12(18)11(21-14)6-7-22(3,4)5;1-8-9(7-15-14(19)16-8)13-12(18)11(17)10(20-13)5-6-21(2,3)4;1-8-15-10(17)7-14-16(8)13-12(19)11(18)9(20-13)5-6-21(2,3)4;/h8,11-14,18-19H,1,3,6-7H2,2,4-5H3,(H,16,20);7,10-13,17-18H,1-2,5-6H2,3-4H3,(H2,15,16,19);7,9,11-13,18-19H,1-2,5-6H2,3-4H3,(H,15,17);1H4. The van der Waals surface area contributed by atoms with E-state index < -0.39 is 94.0 Å². The summed E-state index contributed by atoms with van der Waals surface area (Å²) < 4.78 is 17.4. The summed E-state index contributed by atoms with van der Waals surface area (Å²) in [5, 5.41) is 76.4. The Balaban J connectivity index is 0.000000257. The van der Waals surface area contributed by atoms with Crippen LogP contribution in [0.1, 0.15) is 26.7 Å². The predicted molar refractivity (Wildman–Crippen MR) is 265 cm³/mol. The molecule has 0 bridgehead atoms. The highest BCUT2D eigenvalue weighted by atomic mass is 31.2. The molecule has 0 aromatic rings. The van der Waals surface area contributed by atoms with Gasteiger partial charge in [-0.15, -0.1) is 39.6 Å². The van der Waals surface area contributed by atoms with Crippen LogP contribution in [0.25, 0.3) is 0 Å². The summed E-state index contributed by atoms with van der Waals surface area (Å²) in [7, 11) is 1.60. The van der Waals surface area contributed by atoms with E-state index in [4.69, 9.17) is 14.2 Å². The van der Waals surface area contributed by atoms with E-state index in [2.05, 4.69) is 105 Å². The Labute approximate surface area is 384 Å². The lowest BCUT2D eigenvalue weighted by Gasteiger charge is -2.30. The van der Waals surface area contributed by atoms with Gasteiger partial charge in [0.15, 0.2) is 6.23 Å². The van der Waals surface area contributed by atoms with Gasteiger partial charge in [0.1, 0.15) is 60.9 Å². The van der Waals surface area contributed by atoms with Gasteiger partial charge in [-0.05, 0) is 77.7 Å². The van der Waals surface area contributed by atoms with Gasteiger partial charge in [-0.2, -0.15) is 5.10 Å². The van der Waals surface area contributed by atoms with Crippen molar-refractivity contribution in [2.24, 2.45) is 5.10 Å². The summed E-state index contributed by atoms with van der Waals surface area (Å²) in [5.41, 5.74) is 1.90. The second-order valence-corrected chi connectivity index (χ2v) is 31.8. The first-order valence-corrected chi connectivity index (χ1v) is 30.0. The third-order valence-corrected chi connectivity index (χ3v) is 15.5. The second-order valence-electron chi connectivity index (χ2n) is 18.8. The Morgan fingerprint density at radius 2 is 1.08 bits per heavy atom. The van der Waals surface area contributed by atoms with Gasteiger partial charge in [0, 0.05) is 42.0 Å². The number of carbonyl (C=O) groups excluding carboxylic acids is 3. The molecule has 6 heterocycles. The van der Waals surface area contributed by atoms with Crippen molar-refractivity contribution in [2.45, 2.75) is 100 Å². The Hall–Kier alpha value is -3.28. The first-order chi connectivity index (χ1) is 29.5. The number of hydrogen-bond acceptors (Lipinski definition) is 14. The van der Waals surface area contributed by atoms with Gasteiger partial charge in [0.05, 0.1) is 18.3 Å². The Kier molecular flexibility index (Phi) is 19.6. The molecule has 3 saturated heterocycles. The van der Waals surface area contributed by atoms with Gasteiger partial charge < -0.3 is 71.0 Å². The van der Waals surface area contributed by atoms with E-state index in [1.807, 2.05) is 0 Å². The number of aliphatic hydroxyl groups is 6. The van der Waals surface area contributed by atoms with E-state index in [1.165, 1.54) is 16.1 Å². The smallest absolute Gasteiger partial charge is 0.325 e. The van der Waals surface area contributed by atoms with Gasteiger partial charge in [0.25, 0.3) is 5.91 Å². The quantitative estimate of drug-likeness (QED) is 0.123. The van der Waals surface area contributed by atoms with Crippen LogP contribution in [0.15, 0.2) is 65.6 Å². The zero-order valence-electron chi connectivity index (χ0n) is 38.0. The molecule has 22 heteroatoms. The number of aliphatic hydroxyl groups excluding tert-OH is 6. The molecule has 368 valence electrons. The molecule has 0 spiro atoms. The fraction of sp³-hybridized carbons (Fsp3) is 0.605. The summed E-state index contributed by atoms with van der Waals surface area (Å²) in [5.74, 6) is -0.172. The maximum atomic E-state index is 11.5. The Bertz CT molecular complexity index is 2050. The number of ether oxygens (including phenoxy) is 3. The van der Waals surface area contributed by atoms with E-state index in [0.717, 1.165) is 24.7 Å². The number of urea groups is 2. The molecule has 12 unspecified atom stereocenters. The minimum Gasteiger partial charge on any atom is -0.388 e. The average molecular weight is 974 g/mol. The van der Waals surface area contributed by atoms with Gasteiger partial charge >= 0.3 is 12.1 Å². The van der Waals surface area contributed by atoms with Crippen molar-refractivity contribution in [3.63, 3.8) is 0 Å². The third kappa shape index (κ3) is 15.4. The topological polar surface area (TPSA) is 267 Å². The van der Waals surface area contributed by atoms with Crippen LogP contribution in [-0.2, 0) is 19.0 Å². The minimum absolute atomic E-state index is 0. The summed E-state index contributed by atoms with van der Waals surface area (Å²) >= 11 is 0. The minimum atomic E-state index is -1.23. The van der Waals surface area contributed by atoms with E-state index in [0.29, 0.717) is 41.8 Å². The van der Waals surface area contributed by atoms with Crippen molar-refractivity contribution < 1.29 is 59.2 Å². The van der Waals surface area contributed by atoms with Gasteiger partial charge in [-0.25, -0.2) is 14.6 Å². The Morgan fingerprint density at radius 1 is 0.646 bits per heavy atom. The first-order valence-electron chi connectivity index (χ1n) is 20.8. The van der Waals surface area contributed by atoms with Crippen molar-refractivity contribution in [1.82, 2.24) is 31.2 Å². The number of nitrogens with zero attached hydrogens (tertiary/aromatic N) is 3. The van der Waals surface area contributed by atoms with Crippen LogP contribution in [0, 0.1) is 0 Å². The van der Waals surface area contributed by atoms with E-state index in [9.17, 15) is 45.0 Å². The number of hydrazone groups is 1. The lowest BCUT2D eigenvalue weighted by Crippen LogP contribution is -2.47. The monoisotopic (exact) mass is 973 g/mol. The SMILES string of the molecule is C.C=C1NC(=O)C=NN1C1OC(CCP(=C)(C)C)C(O)C1O.C=C1NC(=O)N(C)C=C1C1OC(CCP(=C)(C)C)C(O)C1O.C=C1NC(=O)NC=C1C1OC(CCP(=C)(C)C)C(O)C1O. The van der Waals surface area contributed by atoms with Crippen LogP contribution >= 0.6 is 20.7 Å². The molecular weight excluding hydrogens is 899 g/mol. The third-order valence-electron chi connectivity index (χ3n) is 11.0. The van der Waals surface area contributed by atoms with Gasteiger partial charge in [0.2, 0.25) is 0 Å². The first kappa shape index (κ1) is 56.0. The zero-order chi connectivity index (χ0) is 48.2. The molecule has 0 aliphatic carbocycles. The molecule has 3 fully saturated rings. The van der Waals surface area contributed by atoms with Gasteiger partial charge in [-0.1, -0.05) is 27.2 Å². The molecule has 0 saturated carbocycles. The molecular formula is C43H74N7O12P3. The van der Waals surface area contributed by atoms with Crippen molar-refractivity contribution in [1.29, 1.82) is 0 Å². The lowest BCUT2D eigenvalue weighted by molar-refractivity contribution is -0.117. The predicted octanol–water partition coefficient (Wildman–Crippen LogP) is 0.970. The number of rotatable bonds is 12.